The third-order valence-corrected chi connectivity index (χ3v) is 5.69. The molecule has 0 unspecified atom stereocenters. The predicted molar refractivity (Wildman–Crippen MR) is 122 cm³/mol. The number of hydrogen-bond donors (Lipinski definition) is 2. The molecule has 2 amide bonds. The molecular formula is C25H26N2O5. The Kier molecular flexibility index (Phi) is 6.54. The van der Waals surface area contributed by atoms with Crippen LogP contribution in [0.5, 0.6) is 5.75 Å². The molecule has 7 nitrogen and oxygen atoms in total. The molecule has 7 heteroatoms. The molecule has 2 aromatic carbocycles. The summed E-state index contributed by atoms with van der Waals surface area (Å²) in [5.74, 6) is -0.170. The monoisotopic (exact) mass is 434 g/mol. The Balaban J connectivity index is 1.41. The van der Waals surface area contributed by atoms with Gasteiger partial charge in [0.25, 0.3) is 11.8 Å². The van der Waals surface area contributed by atoms with Crippen LogP contribution >= 0.6 is 0 Å². The van der Waals surface area contributed by atoms with Crippen molar-refractivity contribution in [3.05, 3.63) is 70.1 Å². The zero-order chi connectivity index (χ0) is 22.5. The highest BCUT2D eigenvalue weighted by Gasteiger charge is 2.20. The molecule has 166 valence electrons. The molecule has 0 radical (unpaired) electrons. The lowest BCUT2D eigenvalue weighted by Gasteiger charge is -2.15. The first kappa shape index (κ1) is 21.6. The van der Waals surface area contributed by atoms with E-state index in [9.17, 15) is 14.4 Å². The molecule has 0 atom stereocenters. The van der Waals surface area contributed by atoms with Gasteiger partial charge in [0.1, 0.15) is 11.3 Å². The van der Waals surface area contributed by atoms with E-state index in [0.29, 0.717) is 29.0 Å². The normalized spacial score (nSPS) is 13.8. The smallest absolute Gasteiger partial charge is 0.336 e. The van der Waals surface area contributed by atoms with E-state index in [0.717, 1.165) is 36.6 Å². The zero-order valence-corrected chi connectivity index (χ0v) is 18.0. The second-order valence-corrected chi connectivity index (χ2v) is 7.94. The van der Waals surface area contributed by atoms with Crippen LogP contribution in [0, 0.1) is 0 Å². The van der Waals surface area contributed by atoms with Crippen LogP contribution in [0.15, 0.2) is 57.7 Å². The van der Waals surface area contributed by atoms with Gasteiger partial charge in [-0.2, -0.15) is 0 Å². The second-order valence-electron chi connectivity index (χ2n) is 7.94. The van der Waals surface area contributed by atoms with Crippen molar-refractivity contribution in [3.8, 4) is 5.75 Å². The van der Waals surface area contributed by atoms with E-state index < -0.39 is 11.5 Å². The summed E-state index contributed by atoms with van der Waals surface area (Å²) in [6.45, 7) is 1.72. The van der Waals surface area contributed by atoms with E-state index in [1.807, 2.05) is 13.0 Å². The number of para-hydroxylation sites is 1. The quantitative estimate of drug-likeness (QED) is 0.547. The molecule has 0 bridgehead atoms. The van der Waals surface area contributed by atoms with Crippen LogP contribution in [-0.4, -0.2) is 24.5 Å². The van der Waals surface area contributed by atoms with Gasteiger partial charge in [-0.3, -0.25) is 9.59 Å². The summed E-state index contributed by atoms with van der Waals surface area (Å²) in [5, 5.41) is 6.63. The molecule has 32 heavy (non-hydrogen) atoms. The lowest BCUT2D eigenvalue weighted by Crippen LogP contribution is -2.33. The molecule has 1 aromatic heterocycles. The van der Waals surface area contributed by atoms with Crippen LogP contribution in [0.25, 0.3) is 11.0 Å². The fourth-order valence-electron chi connectivity index (χ4n) is 4.05. The topological polar surface area (TPSA) is 97.6 Å². The Hall–Kier alpha value is -3.61. The molecule has 1 fully saturated rings. The van der Waals surface area contributed by atoms with Crippen molar-refractivity contribution in [2.45, 2.75) is 45.1 Å². The highest BCUT2D eigenvalue weighted by atomic mass is 16.5. The van der Waals surface area contributed by atoms with Crippen LogP contribution in [0.4, 0.5) is 5.69 Å². The van der Waals surface area contributed by atoms with E-state index >= 15 is 0 Å². The summed E-state index contributed by atoms with van der Waals surface area (Å²) in [5.41, 5.74) is 1.76. The van der Waals surface area contributed by atoms with Crippen LogP contribution in [0.2, 0.25) is 0 Å². The van der Waals surface area contributed by atoms with Crippen molar-refractivity contribution in [1.82, 2.24) is 5.32 Å². The number of amides is 2. The summed E-state index contributed by atoms with van der Waals surface area (Å²) in [7, 11) is 0. The number of anilines is 1. The number of benzene rings is 2. The molecule has 1 aliphatic carbocycles. The van der Waals surface area contributed by atoms with Gasteiger partial charge < -0.3 is 19.8 Å². The summed E-state index contributed by atoms with van der Waals surface area (Å²) >= 11 is 0. The van der Waals surface area contributed by atoms with Gasteiger partial charge in [0.15, 0.2) is 6.61 Å². The third kappa shape index (κ3) is 4.99. The van der Waals surface area contributed by atoms with Crippen molar-refractivity contribution in [2.24, 2.45) is 0 Å². The SMILES string of the molecule is CCc1cc(=O)oc2cc(OCC(=O)Nc3ccccc3C(=O)NC3CCCC3)ccc12. The van der Waals surface area contributed by atoms with Gasteiger partial charge in [-0.1, -0.05) is 31.9 Å². The summed E-state index contributed by atoms with van der Waals surface area (Å²) < 4.78 is 10.9. The van der Waals surface area contributed by atoms with E-state index in [-0.39, 0.29) is 18.6 Å². The van der Waals surface area contributed by atoms with Crippen LogP contribution < -0.4 is 21.0 Å². The maximum absolute atomic E-state index is 12.7. The minimum atomic E-state index is -0.420. The molecule has 0 saturated heterocycles. The van der Waals surface area contributed by atoms with Gasteiger partial charge in [0, 0.05) is 23.6 Å². The van der Waals surface area contributed by atoms with E-state index in [4.69, 9.17) is 9.15 Å². The fraction of sp³-hybridized carbons (Fsp3) is 0.320. The number of nitrogens with one attached hydrogen (secondary N) is 2. The van der Waals surface area contributed by atoms with Gasteiger partial charge in [0.2, 0.25) is 0 Å². The number of carbonyl (C=O) groups excluding carboxylic acids is 2. The third-order valence-electron chi connectivity index (χ3n) is 5.69. The zero-order valence-electron chi connectivity index (χ0n) is 18.0. The Bertz CT molecular complexity index is 1190. The lowest BCUT2D eigenvalue weighted by atomic mass is 10.1. The number of carbonyl (C=O) groups is 2. The van der Waals surface area contributed by atoms with Gasteiger partial charge in [-0.25, -0.2) is 4.79 Å². The predicted octanol–water partition coefficient (Wildman–Crippen LogP) is 4.05. The Morgan fingerprint density at radius 1 is 1.09 bits per heavy atom. The van der Waals surface area contributed by atoms with Crippen LogP contribution in [-0.2, 0) is 11.2 Å². The molecule has 2 N–H and O–H groups in total. The van der Waals surface area contributed by atoms with E-state index in [1.54, 1.807) is 36.4 Å². The maximum atomic E-state index is 12.7. The van der Waals surface area contributed by atoms with Crippen molar-refractivity contribution < 1.29 is 18.7 Å². The largest absolute Gasteiger partial charge is 0.484 e. The molecule has 4 rings (SSSR count). The number of fused-ring (bicyclic) bond motifs is 1. The first-order valence-corrected chi connectivity index (χ1v) is 10.9. The molecule has 3 aromatic rings. The summed E-state index contributed by atoms with van der Waals surface area (Å²) in [6, 6.07) is 13.7. The fourth-order valence-corrected chi connectivity index (χ4v) is 4.05. The average Bonchev–Trinajstić information content (AvgIpc) is 3.30. The van der Waals surface area contributed by atoms with Crippen molar-refractivity contribution in [1.29, 1.82) is 0 Å². The van der Waals surface area contributed by atoms with Crippen molar-refractivity contribution in [2.75, 3.05) is 11.9 Å². The first-order chi connectivity index (χ1) is 15.5. The highest BCUT2D eigenvalue weighted by Crippen LogP contribution is 2.23. The molecule has 1 aliphatic rings. The second kappa shape index (κ2) is 9.68. The maximum Gasteiger partial charge on any atom is 0.336 e. The van der Waals surface area contributed by atoms with Gasteiger partial charge in [-0.05, 0) is 49.1 Å². The number of rotatable bonds is 7. The standard InChI is InChI=1S/C25H26N2O5/c1-2-16-13-24(29)32-22-14-18(11-12-19(16)22)31-15-23(28)27-21-10-6-5-9-20(21)25(30)26-17-7-3-4-8-17/h5-6,9-14,17H,2-4,7-8,15H2,1H3,(H,26,30)(H,27,28). The van der Waals surface area contributed by atoms with Crippen LogP contribution in [0.1, 0.15) is 48.5 Å². The van der Waals surface area contributed by atoms with E-state index in [2.05, 4.69) is 10.6 Å². The molecule has 0 aliphatic heterocycles. The molecule has 1 heterocycles. The molecule has 1 saturated carbocycles. The summed E-state index contributed by atoms with van der Waals surface area (Å²) in [6.07, 6.45) is 4.93. The van der Waals surface area contributed by atoms with Crippen LogP contribution in [0.3, 0.4) is 0 Å². The number of hydrogen-bond acceptors (Lipinski definition) is 5. The average molecular weight is 434 g/mol. The number of ether oxygens (including phenoxy) is 1. The van der Waals surface area contributed by atoms with Gasteiger partial charge >= 0.3 is 5.63 Å². The highest BCUT2D eigenvalue weighted by molar-refractivity contribution is 6.04. The molecular weight excluding hydrogens is 408 g/mol. The van der Waals surface area contributed by atoms with Gasteiger partial charge in [-0.15, -0.1) is 0 Å². The van der Waals surface area contributed by atoms with Crippen molar-refractivity contribution >= 4 is 28.5 Å². The minimum Gasteiger partial charge on any atom is -0.484 e. The first-order valence-electron chi connectivity index (χ1n) is 10.9. The summed E-state index contributed by atoms with van der Waals surface area (Å²) in [4.78, 5) is 36.9. The Morgan fingerprint density at radius 2 is 1.88 bits per heavy atom. The van der Waals surface area contributed by atoms with Gasteiger partial charge in [0.05, 0.1) is 11.3 Å². The van der Waals surface area contributed by atoms with E-state index in [1.165, 1.54) is 6.07 Å². The lowest BCUT2D eigenvalue weighted by molar-refractivity contribution is -0.118. The Labute approximate surface area is 185 Å². The Morgan fingerprint density at radius 3 is 2.66 bits per heavy atom. The molecule has 0 spiro atoms. The van der Waals surface area contributed by atoms with Crippen molar-refractivity contribution in [3.63, 3.8) is 0 Å². The number of aryl methyl sites for hydroxylation is 1. The minimum absolute atomic E-state index is 0.190.